The molecule has 5 heteroatoms. The van der Waals surface area contributed by atoms with E-state index in [0.717, 1.165) is 25.8 Å². The molecule has 5 nitrogen and oxygen atoms in total. The van der Waals surface area contributed by atoms with Crippen molar-refractivity contribution in [2.24, 2.45) is 17.6 Å². The Hall–Kier alpha value is -1.10. The number of hydrogen-bond donors (Lipinski definition) is 2. The van der Waals surface area contributed by atoms with Crippen LogP contribution < -0.4 is 11.1 Å². The van der Waals surface area contributed by atoms with Gasteiger partial charge in [0.25, 0.3) is 0 Å². The van der Waals surface area contributed by atoms with Crippen LogP contribution in [0.15, 0.2) is 0 Å². The number of amides is 2. The average Bonchev–Trinajstić information content (AvgIpc) is 2.43. The van der Waals surface area contributed by atoms with Crippen LogP contribution in [0.4, 0.5) is 0 Å². The molecule has 104 valence electrons. The predicted octanol–water partition coefficient (Wildman–Crippen LogP) is 0.346. The van der Waals surface area contributed by atoms with E-state index in [1.807, 2.05) is 13.8 Å². The second-order valence-electron chi connectivity index (χ2n) is 5.05. The summed E-state index contributed by atoms with van der Waals surface area (Å²) < 4.78 is 0. The summed E-state index contributed by atoms with van der Waals surface area (Å²) in [5.41, 5.74) is 5.51. The molecule has 0 spiro atoms. The van der Waals surface area contributed by atoms with Crippen molar-refractivity contribution < 1.29 is 9.59 Å². The highest BCUT2D eigenvalue weighted by atomic mass is 16.2. The number of likely N-dealkylation sites (tertiary alicyclic amines) is 1. The molecule has 0 radical (unpaired) electrons. The van der Waals surface area contributed by atoms with Gasteiger partial charge in [-0.1, -0.05) is 13.8 Å². The summed E-state index contributed by atoms with van der Waals surface area (Å²) in [6.07, 6.45) is 2.70. The van der Waals surface area contributed by atoms with E-state index < -0.39 is 0 Å². The molecule has 1 saturated heterocycles. The van der Waals surface area contributed by atoms with Crippen molar-refractivity contribution in [1.82, 2.24) is 10.2 Å². The first-order valence-electron chi connectivity index (χ1n) is 6.86. The molecule has 0 aromatic heterocycles. The van der Waals surface area contributed by atoms with Gasteiger partial charge in [-0.05, 0) is 19.3 Å². The molecule has 0 bridgehead atoms. The second-order valence-corrected chi connectivity index (χ2v) is 5.05. The Morgan fingerprint density at radius 1 is 1.50 bits per heavy atom. The van der Waals surface area contributed by atoms with Crippen LogP contribution in [0.1, 0.15) is 33.1 Å². The number of rotatable bonds is 5. The van der Waals surface area contributed by atoms with Crippen LogP contribution in [-0.2, 0) is 9.59 Å². The van der Waals surface area contributed by atoms with E-state index in [-0.39, 0.29) is 23.7 Å². The quantitative estimate of drug-likeness (QED) is 0.744. The Bertz CT molecular complexity index is 294. The molecule has 2 amide bonds. The lowest BCUT2D eigenvalue weighted by Gasteiger charge is -2.33. The molecule has 1 fully saturated rings. The van der Waals surface area contributed by atoms with Gasteiger partial charge in [-0.3, -0.25) is 9.59 Å². The number of nitrogens with two attached hydrogens (primary N) is 1. The normalized spacial score (nSPS) is 21.5. The number of nitrogens with one attached hydrogen (secondary N) is 1. The fraction of sp³-hybridized carbons (Fsp3) is 0.846. The maximum Gasteiger partial charge on any atom is 0.226 e. The van der Waals surface area contributed by atoms with Gasteiger partial charge in [0.05, 0.1) is 5.92 Å². The fourth-order valence-electron chi connectivity index (χ4n) is 2.20. The zero-order chi connectivity index (χ0) is 13.5. The third-order valence-corrected chi connectivity index (χ3v) is 3.43. The lowest BCUT2D eigenvalue weighted by molar-refractivity contribution is -0.138. The molecule has 0 aliphatic carbocycles. The molecule has 1 heterocycles. The summed E-state index contributed by atoms with van der Waals surface area (Å²) in [6, 6.07) is 0. The van der Waals surface area contributed by atoms with Gasteiger partial charge in [0.2, 0.25) is 11.8 Å². The van der Waals surface area contributed by atoms with Gasteiger partial charge in [0.1, 0.15) is 0 Å². The van der Waals surface area contributed by atoms with Crippen molar-refractivity contribution >= 4 is 11.8 Å². The molecule has 1 aliphatic rings. The van der Waals surface area contributed by atoms with Gasteiger partial charge in [-0.25, -0.2) is 0 Å². The van der Waals surface area contributed by atoms with Crippen molar-refractivity contribution in [3.8, 4) is 0 Å². The predicted molar refractivity (Wildman–Crippen MR) is 70.8 cm³/mol. The van der Waals surface area contributed by atoms with Crippen LogP contribution in [0.5, 0.6) is 0 Å². The van der Waals surface area contributed by atoms with Crippen molar-refractivity contribution in [1.29, 1.82) is 0 Å². The topological polar surface area (TPSA) is 75.4 Å². The Labute approximate surface area is 109 Å². The Morgan fingerprint density at radius 3 is 2.83 bits per heavy atom. The molecule has 2 atom stereocenters. The summed E-state index contributed by atoms with van der Waals surface area (Å²) in [5, 5.41) is 2.90. The number of piperidine rings is 1. The van der Waals surface area contributed by atoms with Crippen molar-refractivity contribution in [2.75, 3.05) is 26.2 Å². The minimum absolute atomic E-state index is 0.0563. The number of carbonyl (C=O) groups is 2. The highest BCUT2D eigenvalue weighted by Crippen LogP contribution is 2.18. The highest BCUT2D eigenvalue weighted by molar-refractivity contribution is 5.82. The van der Waals surface area contributed by atoms with E-state index in [0.29, 0.717) is 19.6 Å². The van der Waals surface area contributed by atoms with E-state index >= 15 is 0 Å². The first kappa shape index (κ1) is 15.0. The van der Waals surface area contributed by atoms with E-state index in [9.17, 15) is 9.59 Å². The third-order valence-electron chi connectivity index (χ3n) is 3.43. The molecule has 18 heavy (non-hydrogen) atoms. The monoisotopic (exact) mass is 255 g/mol. The smallest absolute Gasteiger partial charge is 0.226 e. The molecule has 0 aromatic rings. The molecule has 1 aliphatic heterocycles. The molecule has 1 rings (SSSR count). The van der Waals surface area contributed by atoms with Crippen molar-refractivity contribution in [3.63, 3.8) is 0 Å². The Kier molecular flexibility index (Phi) is 6.12. The van der Waals surface area contributed by atoms with Gasteiger partial charge in [-0.2, -0.15) is 0 Å². The summed E-state index contributed by atoms with van der Waals surface area (Å²) in [7, 11) is 0. The minimum Gasteiger partial charge on any atom is -0.356 e. The van der Waals surface area contributed by atoms with E-state index in [2.05, 4.69) is 5.32 Å². The van der Waals surface area contributed by atoms with E-state index in [1.54, 1.807) is 4.90 Å². The standard InChI is InChI=1S/C13H25N3O2/c1-3-6-15-12(17)11-5-4-7-16(9-11)13(18)10(2)8-14/h10-11H,3-9,14H2,1-2H3,(H,15,17). The van der Waals surface area contributed by atoms with Gasteiger partial charge >= 0.3 is 0 Å². The van der Waals surface area contributed by atoms with Gasteiger partial charge in [0.15, 0.2) is 0 Å². The number of hydrogen-bond acceptors (Lipinski definition) is 3. The summed E-state index contributed by atoms with van der Waals surface area (Å²) in [4.78, 5) is 25.7. The third kappa shape index (κ3) is 3.98. The molecule has 0 aromatic carbocycles. The van der Waals surface area contributed by atoms with Crippen LogP contribution in [0, 0.1) is 11.8 Å². The minimum atomic E-state index is -0.151. The zero-order valence-corrected chi connectivity index (χ0v) is 11.4. The maximum atomic E-state index is 12.0. The lowest BCUT2D eigenvalue weighted by atomic mass is 9.96. The van der Waals surface area contributed by atoms with Crippen molar-refractivity contribution in [3.05, 3.63) is 0 Å². The van der Waals surface area contributed by atoms with E-state index in [1.165, 1.54) is 0 Å². The molecule has 2 unspecified atom stereocenters. The van der Waals surface area contributed by atoms with Gasteiger partial charge < -0.3 is 16.0 Å². The highest BCUT2D eigenvalue weighted by Gasteiger charge is 2.29. The van der Waals surface area contributed by atoms with Crippen LogP contribution in [0.2, 0.25) is 0 Å². The van der Waals surface area contributed by atoms with Gasteiger partial charge in [0, 0.05) is 32.1 Å². The number of carbonyl (C=O) groups excluding carboxylic acids is 2. The van der Waals surface area contributed by atoms with Crippen LogP contribution in [0.3, 0.4) is 0 Å². The molecule has 0 saturated carbocycles. The summed E-state index contributed by atoms with van der Waals surface area (Å²) in [5.74, 6) is -0.0538. The molecule has 3 N–H and O–H groups in total. The summed E-state index contributed by atoms with van der Waals surface area (Å²) >= 11 is 0. The SMILES string of the molecule is CCCNC(=O)C1CCCN(C(=O)C(C)CN)C1. The molecular formula is C13H25N3O2. The molecular weight excluding hydrogens is 230 g/mol. The zero-order valence-electron chi connectivity index (χ0n) is 11.4. The van der Waals surface area contributed by atoms with Crippen LogP contribution in [-0.4, -0.2) is 42.9 Å². The average molecular weight is 255 g/mol. The Morgan fingerprint density at radius 2 is 2.22 bits per heavy atom. The Balaban J connectivity index is 2.50. The van der Waals surface area contributed by atoms with Gasteiger partial charge in [-0.15, -0.1) is 0 Å². The lowest BCUT2D eigenvalue weighted by Crippen LogP contribution is -2.47. The largest absolute Gasteiger partial charge is 0.356 e. The first-order valence-corrected chi connectivity index (χ1v) is 6.86. The van der Waals surface area contributed by atoms with Crippen LogP contribution >= 0.6 is 0 Å². The van der Waals surface area contributed by atoms with E-state index in [4.69, 9.17) is 5.73 Å². The van der Waals surface area contributed by atoms with Crippen molar-refractivity contribution in [2.45, 2.75) is 33.1 Å². The maximum absolute atomic E-state index is 12.0. The first-order chi connectivity index (χ1) is 8.60. The second kappa shape index (κ2) is 7.36. The van der Waals surface area contributed by atoms with Crippen LogP contribution in [0.25, 0.3) is 0 Å². The summed E-state index contributed by atoms with van der Waals surface area (Å²) in [6.45, 7) is 6.23. The fourth-order valence-corrected chi connectivity index (χ4v) is 2.20. The number of nitrogens with zero attached hydrogens (tertiary/aromatic N) is 1.